The molecule has 1 saturated heterocycles. The van der Waals surface area contributed by atoms with Gasteiger partial charge < -0.3 is 14.6 Å². The number of rotatable bonds is 5. The van der Waals surface area contributed by atoms with Gasteiger partial charge in [0.05, 0.1) is 16.0 Å². The van der Waals surface area contributed by atoms with Gasteiger partial charge >= 0.3 is 11.7 Å². The fourth-order valence-corrected chi connectivity index (χ4v) is 2.59. The number of ether oxygens (including phenoxy) is 2. The lowest BCUT2D eigenvalue weighted by Crippen LogP contribution is -2.22. The smallest absolute Gasteiger partial charge is 0.342 e. The summed E-state index contributed by atoms with van der Waals surface area (Å²) in [4.78, 5) is 21.5. The lowest BCUT2D eigenvalue weighted by Gasteiger charge is -2.22. The number of hydrogen-bond donors (Lipinski definition) is 1. The zero-order valence-corrected chi connectivity index (χ0v) is 12.7. The van der Waals surface area contributed by atoms with Crippen molar-refractivity contribution in [2.45, 2.75) is 12.8 Å². The van der Waals surface area contributed by atoms with Crippen LogP contribution in [0.15, 0.2) is 16.6 Å². The summed E-state index contributed by atoms with van der Waals surface area (Å²) in [5.74, 6) is -1.14. The first-order valence-corrected chi connectivity index (χ1v) is 7.20. The SMILES string of the molecule is O=C(O)c1ccc(Br)c(OCC2CCOCC2)c1[N+](=O)[O-]. The highest BCUT2D eigenvalue weighted by Gasteiger charge is 2.28. The Balaban J connectivity index is 2.26. The Labute approximate surface area is 129 Å². The maximum absolute atomic E-state index is 11.2. The number of hydrogen-bond acceptors (Lipinski definition) is 5. The zero-order chi connectivity index (χ0) is 15.4. The summed E-state index contributed by atoms with van der Waals surface area (Å²) in [6.07, 6.45) is 1.65. The lowest BCUT2D eigenvalue weighted by atomic mass is 10.0. The molecular weight excluding hydrogens is 346 g/mol. The number of benzene rings is 1. The predicted octanol–water partition coefficient (Wildman–Crippen LogP) is 2.86. The molecule has 0 aliphatic carbocycles. The van der Waals surface area contributed by atoms with Crippen LogP contribution in [-0.4, -0.2) is 35.8 Å². The van der Waals surface area contributed by atoms with E-state index in [1.807, 2.05) is 0 Å². The van der Waals surface area contributed by atoms with E-state index in [9.17, 15) is 14.9 Å². The first-order valence-electron chi connectivity index (χ1n) is 6.41. The topological polar surface area (TPSA) is 98.9 Å². The molecule has 0 aromatic heterocycles. The van der Waals surface area contributed by atoms with Gasteiger partial charge in [0.2, 0.25) is 5.75 Å². The van der Waals surface area contributed by atoms with Gasteiger partial charge in [-0.25, -0.2) is 4.79 Å². The molecule has 0 spiro atoms. The molecule has 1 aliphatic heterocycles. The van der Waals surface area contributed by atoms with E-state index in [4.69, 9.17) is 14.6 Å². The summed E-state index contributed by atoms with van der Waals surface area (Å²) in [7, 11) is 0. The van der Waals surface area contributed by atoms with Crippen LogP contribution in [-0.2, 0) is 4.74 Å². The van der Waals surface area contributed by atoms with Gasteiger partial charge in [0.1, 0.15) is 5.56 Å². The van der Waals surface area contributed by atoms with E-state index < -0.39 is 16.6 Å². The summed E-state index contributed by atoms with van der Waals surface area (Å²) in [6, 6.07) is 2.63. The minimum absolute atomic E-state index is 0.0357. The Hall–Kier alpha value is -1.67. The molecule has 1 N–H and O–H groups in total. The van der Waals surface area contributed by atoms with Crippen LogP contribution in [0.2, 0.25) is 0 Å². The largest absolute Gasteiger partial charge is 0.486 e. The van der Waals surface area contributed by atoms with Crippen LogP contribution in [0.3, 0.4) is 0 Å². The first kappa shape index (κ1) is 15.7. The molecule has 1 aromatic rings. The number of halogens is 1. The van der Waals surface area contributed by atoms with Crippen molar-refractivity contribution >= 4 is 27.6 Å². The van der Waals surface area contributed by atoms with E-state index in [2.05, 4.69) is 15.9 Å². The van der Waals surface area contributed by atoms with Gasteiger partial charge in [-0.3, -0.25) is 10.1 Å². The van der Waals surface area contributed by atoms with Crippen LogP contribution < -0.4 is 4.74 Å². The van der Waals surface area contributed by atoms with Crippen molar-refractivity contribution in [3.8, 4) is 5.75 Å². The Bertz CT molecular complexity index is 556. The van der Waals surface area contributed by atoms with Crippen molar-refractivity contribution in [1.82, 2.24) is 0 Å². The van der Waals surface area contributed by atoms with Crippen molar-refractivity contribution in [3.63, 3.8) is 0 Å². The van der Waals surface area contributed by atoms with Gasteiger partial charge in [-0.05, 0) is 46.8 Å². The second kappa shape index (κ2) is 6.86. The molecule has 114 valence electrons. The molecule has 7 nitrogen and oxygen atoms in total. The second-order valence-corrected chi connectivity index (χ2v) is 5.56. The number of carboxylic acids is 1. The summed E-state index contributed by atoms with van der Waals surface area (Å²) >= 11 is 3.18. The van der Waals surface area contributed by atoms with Gasteiger partial charge in [-0.15, -0.1) is 0 Å². The monoisotopic (exact) mass is 359 g/mol. The first-order chi connectivity index (χ1) is 10.0. The highest BCUT2D eigenvalue weighted by atomic mass is 79.9. The molecule has 2 rings (SSSR count). The van der Waals surface area contributed by atoms with Crippen molar-refractivity contribution in [1.29, 1.82) is 0 Å². The van der Waals surface area contributed by atoms with Crippen molar-refractivity contribution < 1.29 is 24.3 Å². The zero-order valence-electron chi connectivity index (χ0n) is 11.1. The van der Waals surface area contributed by atoms with Crippen LogP contribution in [0, 0.1) is 16.0 Å². The number of carboxylic acid groups (broad SMARTS) is 1. The summed E-state index contributed by atoms with van der Waals surface area (Å²) in [6.45, 7) is 1.59. The maximum atomic E-state index is 11.2. The molecule has 0 unspecified atom stereocenters. The third kappa shape index (κ3) is 3.70. The van der Waals surface area contributed by atoms with E-state index >= 15 is 0 Å². The van der Waals surface area contributed by atoms with Crippen LogP contribution in [0.25, 0.3) is 0 Å². The predicted molar refractivity (Wildman–Crippen MR) is 76.8 cm³/mol. The van der Waals surface area contributed by atoms with Crippen molar-refractivity contribution in [2.24, 2.45) is 5.92 Å². The third-order valence-corrected chi connectivity index (χ3v) is 3.93. The molecular formula is C13H14BrNO6. The third-order valence-electron chi connectivity index (χ3n) is 3.30. The molecule has 0 bridgehead atoms. The second-order valence-electron chi connectivity index (χ2n) is 4.70. The summed E-state index contributed by atoms with van der Waals surface area (Å²) < 4.78 is 11.2. The number of nitrogens with zero attached hydrogens (tertiary/aromatic N) is 1. The average molecular weight is 360 g/mol. The number of nitro benzene ring substituents is 1. The molecule has 0 atom stereocenters. The van der Waals surface area contributed by atoms with Crippen molar-refractivity contribution in [3.05, 3.63) is 32.3 Å². The lowest BCUT2D eigenvalue weighted by molar-refractivity contribution is -0.386. The Morgan fingerprint density at radius 3 is 2.71 bits per heavy atom. The standard InChI is InChI=1S/C13H14BrNO6/c14-10-2-1-9(13(16)17)11(15(18)19)12(10)21-7-8-3-5-20-6-4-8/h1-2,8H,3-7H2,(H,16,17). The summed E-state index contributed by atoms with van der Waals surface area (Å²) in [5, 5.41) is 20.2. The van der Waals surface area contributed by atoms with E-state index in [-0.39, 0.29) is 17.2 Å². The normalized spacial score (nSPS) is 15.7. The Morgan fingerprint density at radius 1 is 1.48 bits per heavy atom. The van der Waals surface area contributed by atoms with E-state index in [0.29, 0.717) is 24.3 Å². The quantitative estimate of drug-likeness (QED) is 0.640. The van der Waals surface area contributed by atoms with Gasteiger partial charge in [0.15, 0.2) is 0 Å². The fraction of sp³-hybridized carbons (Fsp3) is 0.462. The van der Waals surface area contributed by atoms with E-state index in [1.54, 1.807) is 0 Å². The van der Waals surface area contributed by atoms with Crippen molar-refractivity contribution in [2.75, 3.05) is 19.8 Å². The van der Waals surface area contributed by atoms with E-state index in [0.717, 1.165) is 12.8 Å². The molecule has 8 heteroatoms. The highest BCUT2D eigenvalue weighted by molar-refractivity contribution is 9.10. The summed E-state index contributed by atoms with van der Waals surface area (Å²) in [5.41, 5.74) is -0.908. The molecule has 1 aromatic carbocycles. The number of carbonyl (C=O) groups is 1. The Morgan fingerprint density at radius 2 is 2.14 bits per heavy atom. The van der Waals surface area contributed by atoms with Gasteiger partial charge in [0, 0.05) is 13.2 Å². The molecule has 21 heavy (non-hydrogen) atoms. The number of aromatic carboxylic acids is 1. The average Bonchev–Trinajstić information content (AvgIpc) is 2.46. The van der Waals surface area contributed by atoms with Gasteiger partial charge in [-0.2, -0.15) is 0 Å². The minimum atomic E-state index is -1.36. The van der Waals surface area contributed by atoms with Crippen LogP contribution in [0.1, 0.15) is 23.2 Å². The maximum Gasteiger partial charge on any atom is 0.342 e. The molecule has 0 radical (unpaired) electrons. The van der Waals surface area contributed by atoms with Crippen LogP contribution in [0.4, 0.5) is 5.69 Å². The van der Waals surface area contributed by atoms with Crippen LogP contribution in [0.5, 0.6) is 5.75 Å². The molecule has 0 saturated carbocycles. The fourth-order valence-electron chi connectivity index (χ4n) is 2.15. The number of nitro groups is 1. The Kier molecular flexibility index (Phi) is 5.13. The molecule has 1 fully saturated rings. The molecule has 0 amide bonds. The molecule has 1 heterocycles. The van der Waals surface area contributed by atoms with Crippen LogP contribution >= 0.6 is 15.9 Å². The van der Waals surface area contributed by atoms with Gasteiger partial charge in [0.25, 0.3) is 0 Å². The molecule has 1 aliphatic rings. The van der Waals surface area contributed by atoms with E-state index in [1.165, 1.54) is 12.1 Å². The highest BCUT2D eigenvalue weighted by Crippen LogP contribution is 2.38. The van der Waals surface area contributed by atoms with Gasteiger partial charge in [-0.1, -0.05) is 0 Å². The minimum Gasteiger partial charge on any atom is -0.486 e.